The van der Waals surface area contributed by atoms with E-state index in [9.17, 15) is 4.79 Å². The van der Waals surface area contributed by atoms with Crippen molar-refractivity contribution in [2.75, 3.05) is 7.11 Å². The molecule has 2 rings (SSSR count). The summed E-state index contributed by atoms with van der Waals surface area (Å²) in [6, 6.07) is 0. The van der Waals surface area contributed by atoms with Crippen LogP contribution in [0.1, 0.15) is 18.5 Å². The quantitative estimate of drug-likeness (QED) is 0.703. The van der Waals surface area contributed by atoms with E-state index in [0.717, 1.165) is 12.0 Å². The molecular weight excluding hydrogens is 180 g/mol. The third kappa shape index (κ3) is 1.51. The predicted molar refractivity (Wildman–Crippen MR) is 50.8 cm³/mol. The van der Waals surface area contributed by atoms with Gasteiger partial charge in [0.2, 0.25) is 5.88 Å². The number of aromatic nitrogens is 2. The van der Waals surface area contributed by atoms with Crippen molar-refractivity contribution in [1.29, 1.82) is 0 Å². The van der Waals surface area contributed by atoms with Crippen molar-refractivity contribution in [3.05, 3.63) is 24.2 Å². The van der Waals surface area contributed by atoms with E-state index in [1.54, 1.807) is 25.6 Å². The Kier molecular flexibility index (Phi) is 2.26. The Hall–Kier alpha value is -1.71. The molecule has 0 aliphatic heterocycles. The van der Waals surface area contributed by atoms with Gasteiger partial charge in [-0.1, -0.05) is 0 Å². The van der Waals surface area contributed by atoms with Crippen molar-refractivity contribution < 1.29 is 9.53 Å². The Bertz CT molecular complexity index is 399. The van der Waals surface area contributed by atoms with Gasteiger partial charge < -0.3 is 4.74 Å². The summed E-state index contributed by atoms with van der Waals surface area (Å²) in [6.45, 7) is 0. The highest BCUT2D eigenvalue weighted by atomic mass is 16.5. The molecule has 4 heteroatoms. The molecule has 4 nitrogen and oxygen atoms in total. The van der Waals surface area contributed by atoms with Gasteiger partial charge in [-0.05, 0) is 18.1 Å². The summed E-state index contributed by atoms with van der Waals surface area (Å²) in [5, 5.41) is 0. The number of ether oxygens (including phenoxy) is 1. The van der Waals surface area contributed by atoms with Crippen LogP contribution < -0.4 is 4.74 Å². The Morgan fingerprint density at radius 1 is 1.29 bits per heavy atom. The smallest absolute Gasteiger partial charge is 0.239 e. The molecule has 0 spiro atoms. The highest BCUT2D eigenvalue weighted by Gasteiger charge is 2.18. The molecule has 1 aliphatic carbocycles. The van der Waals surface area contributed by atoms with Crippen molar-refractivity contribution >= 4 is 11.4 Å². The summed E-state index contributed by atoms with van der Waals surface area (Å²) >= 11 is 0. The summed E-state index contributed by atoms with van der Waals surface area (Å²) in [6.07, 6.45) is 6.08. The van der Waals surface area contributed by atoms with Gasteiger partial charge in [0, 0.05) is 18.8 Å². The van der Waals surface area contributed by atoms with Gasteiger partial charge in [0.25, 0.3) is 0 Å². The van der Waals surface area contributed by atoms with E-state index < -0.39 is 0 Å². The third-order valence-electron chi connectivity index (χ3n) is 2.14. The van der Waals surface area contributed by atoms with Gasteiger partial charge in [-0.3, -0.25) is 4.79 Å². The summed E-state index contributed by atoms with van der Waals surface area (Å²) < 4.78 is 5.07. The minimum absolute atomic E-state index is 0.146. The first kappa shape index (κ1) is 8.87. The van der Waals surface area contributed by atoms with Crippen LogP contribution in [0.2, 0.25) is 0 Å². The Morgan fingerprint density at radius 3 is 2.71 bits per heavy atom. The number of carbonyl (C=O) groups is 1. The largest absolute Gasteiger partial charge is 0.479 e. The molecule has 1 aromatic heterocycles. The molecule has 0 N–H and O–H groups in total. The molecule has 0 saturated carbocycles. The van der Waals surface area contributed by atoms with E-state index in [0.29, 0.717) is 18.0 Å². The van der Waals surface area contributed by atoms with Crippen LogP contribution in [0.5, 0.6) is 5.88 Å². The van der Waals surface area contributed by atoms with Crippen molar-refractivity contribution in [2.45, 2.75) is 12.8 Å². The highest BCUT2D eigenvalue weighted by Crippen LogP contribution is 2.28. The number of rotatable bonds is 2. The lowest BCUT2D eigenvalue weighted by atomic mass is 10.2. The molecule has 0 fully saturated rings. The van der Waals surface area contributed by atoms with E-state index in [1.165, 1.54) is 0 Å². The lowest BCUT2D eigenvalue weighted by molar-refractivity contribution is -0.114. The van der Waals surface area contributed by atoms with E-state index in [1.807, 2.05) is 0 Å². The first-order valence-corrected chi connectivity index (χ1v) is 4.40. The number of methoxy groups -OCH3 is 1. The SMILES string of the molecule is COc1nccnc1C1=CC(=O)CC1. The summed E-state index contributed by atoms with van der Waals surface area (Å²) in [7, 11) is 1.55. The second kappa shape index (κ2) is 3.57. The molecule has 1 heterocycles. The molecule has 0 amide bonds. The van der Waals surface area contributed by atoms with Crippen LogP contribution in [0.4, 0.5) is 0 Å². The fourth-order valence-electron chi connectivity index (χ4n) is 1.48. The first-order valence-electron chi connectivity index (χ1n) is 4.40. The molecule has 0 aromatic carbocycles. The van der Waals surface area contributed by atoms with Gasteiger partial charge in [-0.15, -0.1) is 0 Å². The fraction of sp³-hybridized carbons (Fsp3) is 0.300. The van der Waals surface area contributed by atoms with Gasteiger partial charge in [0.1, 0.15) is 5.69 Å². The average molecular weight is 190 g/mol. The maximum Gasteiger partial charge on any atom is 0.239 e. The fourth-order valence-corrected chi connectivity index (χ4v) is 1.48. The standard InChI is InChI=1S/C10H10N2O2/c1-14-10-9(11-4-5-12-10)7-2-3-8(13)6-7/h4-6H,2-3H2,1H3. The van der Waals surface area contributed by atoms with Gasteiger partial charge >= 0.3 is 0 Å². The molecule has 1 aromatic rings. The summed E-state index contributed by atoms with van der Waals surface area (Å²) in [4.78, 5) is 19.2. The molecule has 0 saturated heterocycles. The second-order valence-corrected chi connectivity index (χ2v) is 3.05. The minimum atomic E-state index is 0.146. The van der Waals surface area contributed by atoms with E-state index >= 15 is 0 Å². The van der Waals surface area contributed by atoms with Crippen molar-refractivity contribution in [3.63, 3.8) is 0 Å². The van der Waals surface area contributed by atoms with Crippen molar-refractivity contribution in [2.24, 2.45) is 0 Å². The Morgan fingerprint density at radius 2 is 2.07 bits per heavy atom. The van der Waals surface area contributed by atoms with E-state index in [2.05, 4.69) is 9.97 Å². The number of ketones is 1. The minimum Gasteiger partial charge on any atom is -0.479 e. The highest BCUT2D eigenvalue weighted by molar-refractivity contribution is 6.01. The van der Waals surface area contributed by atoms with E-state index in [-0.39, 0.29) is 5.78 Å². The normalized spacial score (nSPS) is 15.5. The molecule has 0 atom stereocenters. The second-order valence-electron chi connectivity index (χ2n) is 3.05. The molecular formula is C10H10N2O2. The zero-order valence-corrected chi connectivity index (χ0v) is 7.86. The third-order valence-corrected chi connectivity index (χ3v) is 2.14. The van der Waals surface area contributed by atoms with Crippen molar-refractivity contribution in [1.82, 2.24) is 9.97 Å². The lowest BCUT2D eigenvalue weighted by Gasteiger charge is -2.04. The van der Waals surface area contributed by atoms with Crippen LogP contribution in [-0.4, -0.2) is 22.9 Å². The molecule has 1 aliphatic rings. The van der Waals surface area contributed by atoms with Crippen molar-refractivity contribution in [3.8, 4) is 5.88 Å². The average Bonchev–Trinajstić information content (AvgIpc) is 2.65. The first-order chi connectivity index (χ1) is 6.81. The maximum atomic E-state index is 11.1. The number of allylic oxidation sites excluding steroid dienone is 2. The lowest BCUT2D eigenvalue weighted by Crippen LogP contribution is -1.96. The van der Waals surface area contributed by atoms with Gasteiger partial charge in [-0.25, -0.2) is 9.97 Å². The monoisotopic (exact) mass is 190 g/mol. The molecule has 0 radical (unpaired) electrons. The van der Waals surface area contributed by atoms with E-state index in [4.69, 9.17) is 4.74 Å². The number of nitrogens with zero attached hydrogens (tertiary/aromatic N) is 2. The molecule has 72 valence electrons. The van der Waals surface area contributed by atoms with Crippen LogP contribution >= 0.6 is 0 Å². The van der Waals surface area contributed by atoms with Gasteiger partial charge in [0.15, 0.2) is 5.78 Å². The predicted octanol–water partition coefficient (Wildman–Crippen LogP) is 1.23. The topological polar surface area (TPSA) is 52.1 Å². The zero-order valence-electron chi connectivity index (χ0n) is 7.86. The number of hydrogen-bond donors (Lipinski definition) is 0. The van der Waals surface area contributed by atoms with Crippen LogP contribution in [0.15, 0.2) is 18.5 Å². The van der Waals surface area contributed by atoms with Gasteiger partial charge in [-0.2, -0.15) is 0 Å². The van der Waals surface area contributed by atoms with Crippen LogP contribution in [-0.2, 0) is 4.79 Å². The molecule has 14 heavy (non-hydrogen) atoms. The van der Waals surface area contributed by atoms with Crippen LogP contribution in [0, 0.1) is 0 Å². The van der Waals surface area contributed by atoms with Crippen LogP contribution in [0.25, 0.3) is 5.57 Å². The Labute approximate surface area is 81.6 Å². The Balaban J connectivity index is 2.41. The molecule has 0 bridgehead atoms. The molecule has 0 unspecified atom stereocenters. The van der Waals surface area contributed by atoms with Gasteiger partial charge in [0.05, 0.1) is 7.11 Å². The number of carbonyl (C=O) groups excluding carboxylic acids is 1. The zero-order chi connectivity index (χ0) is 9.97. The van der Waals surface area contributed by atoms with Crippen LogP contribution in [0.3, 0.4) is 0 Å². The summed E-state index contributed by atoms with van der Waals surface area (Å²) in [5.74, 6) is 0.626. The summed E-state index contributed by atoms with van der Waals surface area (Å²) in [5.41, 5.74) is 1.60. The number of hydrogen-bond acceptors (Lipinski definition) is 4. The maximum absolute atomic E-state index is 11.1.